The van der Waals surface area contributed by atoms with E-state index in [1.54, 1.807) is 0 Å². The highest BCUT2D eigenvalue weighted by atomic mass is 16.6. The Balaban J connectivity index is 4.45. The van der Waals surface area contributed by atoms with Gasteiger partial charge in [-0.05, 0) is 96.3 Å². The molecule has 0 bridgehead atoms. The summed E-state index contributed by atoms with van der Waals surface area (Å²) in [5, 5.41) is 0. The van der Waals surface area contributed by atoms with Gasteiger partial charge in [-0.15, -0.1) is 0 Å². The number of ether oxygens (including phenoxy) is 3. The minimum atomic E-state index is -0.796. The summed E-state index contributed by atoms with van der Waals surface area (Å²) < 4.78 is 16.8. The monoisotopic (exact) mass is 947 g/mol. The zero-order valence-electron chi connectivity index (χ0n) is 44.6. The fraction of sp³-hybridized carbons (Fsp3) is 0.726. The van der Waals surface area contributed by atoms with Crippen LogP contribution >= 0.6 is 0 Å². The van der Waals surface area contributed by atoms with Gasteiger partial charge in [0.25, 0.3) is 0 Å². The predicted octanol–water partition coefficient (Wildman–Crippen LogP) is 19.2. The number of hydrogen-bond acceptors (Lipinski definition) is 6. The first kappa shape index (κ1) is 64.6. The molecule has 0 amide bonds. The van der Waals surface area contributed by atoms with Gasteiger partial charge in [-0.1, -0.05) is 241 Å². The van der Waals surface area contributed by atoms with Crippen LogP contribution in [0.15, 0.2) is 85.1 Å². The van der Waals surface area contributed by atoms with Gasteiger partial charge in [0.2, 0.25) is 0 Å². The van der Waals surface area contributed by atoms with Gasteiger partial charge in [0.1, 0.15) is 13.2 Å². The van der Waals surface area contributed by atoms with Gasteiger partial charge in [0, 0.05) is 19.3 Å². The maximum absolute atomic E-state index is 12.8. The molecular weight excluding hydrogens is 841 g/mol. The fourth-order valence-electron chi connectivity index (χ4n) is 7.85. The summed E-state index contributed by atoms with van der Waals surface area (Å²) in [6.45, 7) is 6.49. The van der Waals surface area contributed by atoms with E-state index < -0.39 is 6.10 Å². The quantitative estimate of drug-likeness (QED) is 0.0262. The first-order valence-corrected chi connectivity index (χ1v) is 28.6. The highest BCUT2D eigenvalue weighted by Crippen LogP contribution is 2.15. The Kier molecular flexibility index (Phi) is 53.4. The van der Waals surface area contributed by atoms with Crippen molar-refractivity contribution in [2.24, 2.45) is 0 Å². The second-order valence-electron chi connectivity index (χ2n) is 18.8. The number of allylic oxidation sites excluding steroid dienone is 14. The molecule has 0 radical (unpaired) electrons. The van der Waals surface area contributed by atoms with E-state index in [9.17, 15) is 14.4 Å². The van der Waals surface area contributed by atoms with Gasteiger partial charge >= 0.3 is 17.9 Å². The molecule has 0 spiro atoms. The van der Waals surface area contributed by atoms with Crippen molar-refractivity contribution in [3.63, 3.8) is 0 Å². The molecule has 0 N–H and O–H groups in total. The lowest BCUT2D eigenvalue weighted by Gasteiger charge is -2.18. The Morgan fingerprint density at radius 3 is 0.941 bits per heavy atom. The molecule has 0 aliphatic carbocycles. The van der Waals surface area contributed by atoms with Gasteiger partial charge in [0.05, 0.1) is 0 Å². The Morgan fingerprint density at radius 2 is 0.574 bits per heavy atom. The van der Waals surface area contributed by atoms with Crippen LogP contribution in [0.1, 0.15) is 271 Å². The largest absolute Gasteiger partial charge is 0.462 e. The van der Waals surface area contributed by atoms with Crippen molar-refractivity contribution < 1.29 is 28.6 Å². The minimum Gasteiger partial charge on any atom is -0.462 e. The molecule has 0 aliphatic rings. The van der Waals surface area contributed by atoms with Crippen LogP contribution in [0.25, 0.3) is 0 Å². The van der Waals surface area contributed by atoms with E-state index >= 15 is 0 Å². The summed E-state index contributed by atoms with van der Waals surface area (Å²) in [4.78, 5) is 38.1. The lowest BCUT2D eigenvalue weighted by molar-refractivity contribution is -0.167. The average molecular weight is 948 g/mol. The third kappa shape index (κ3) is 53.5. The summed E-state index contributed by atoms with van der Waals surface area (Å²) in [5.41, 5.74) is 0. The number of carbonyl (C=O) groups excluding carboxylic acids is 3. The van der Waals surface area contributed by atoms with Crippen LogP contribution in [0.5, 0.6) is 0 Å². The summed E-state index contributed by atoms with van der Waals surface area (Å²) >= 11 is 0. The molecule has 0 heterocycles. The lowest BCUT2D eigenvalue weighted by Crippen LogP contribution is -2.30. The van der Waals surface area contributed by atoms with Crippen molar-refractivity contribution in [1.29, 1.82) is 0 Å². The van der Waals surface area contributed by atoms with Crippen LogP contribution < -0.4 is 0 Å². The smallest absolute Gasteiger partial charge is 0.306 e. The van der Waals surface area contributed by atoms with Crippen LogP contribution in [0.2, 0.25) is 0 Å². The topological polar surface area (TPSA) is 78.9 Å². The zero-order chi connectivity index (χ0) is 49.3. The third-order valence-electron chi connectivity index (χ3n) is 12.1. The molecule has 68 heavy (non-hydrogen) atoms. The van der Waals surface area contributed by atoms with E-state index in [-0.39, 0.29) is 31.1 Å². The molecule has 0 aromatic heterocycles. The second-order valence-corrected chi connectivity index (χ2v) is 18.8. The number of unbranched alkanes of at least 4 members (excludes halogenated alkanes) is 26. The Hall–Kier alpha value is -3.41. The molecule has 0 saturated carbocycles. The van der Waals surface area contributed by atoms with Crippen molar-refractivity contribution in [2.45, 2.75) is 277 Å². The molecule has 0 aliphatic heterocycles. The highest BCUT2D eigenvalue weighted by molar-refractivity contribution is 5.71. The van der Waals surface area contributed by atoms with Crippen molar-refractivity contribution in [1.82, 2.24) is 0 Å². The molecule has 6 heteroatoms. The maximum atomic E-state index is 12.8. The lowest BCUT2D eigenvalue weighted by atomic mass is 10.0. The van der Waals surface area contributed by atoms with E-state index in [4.69, 9.17) is 14.2 Å². The average Bonchev–Trinajstić information content (AvgIpc) is 3.34. The number of esters is 3. The van der Waals surface area contributed by atoms with Crippen LogP contribution in [0, 0.1) is 0 Å². The minimum absolute atomic E-state index is 0.0929. The van der Waals surface area contributed by atoms with Gasteiger partial charge in [0.15, 0.2) is 6.10 Å². The van der Waals surface area contributed by atoms with Gasteiger partial charge in [-0.3, -0.25) is 14.4 Å². The fourth-order valence-corrected chi connectivity index (χ4v) is 7.85. The predicted molar refractivity (Wildman–Crippen MR) is 293 cm³/mol. The normalized spacial score (nSPS) is 12.7. The van der Waals surface area contributed by atoms with E-state index in [2.05, 4.69) is 106 Å². The van der Waals surface area contributed by atoms with Crippen molar-refractivity contribution in [2.75, 3.05) is 13.2 Å². The number of rotatable bonds is 51. The van der Waals surface area contributed by atoms with Crippen LogP contribution in [-0.4, -0.2) is 37.2 Å². The van der Waals surface area contributed by atoms with Gasteiger partial charge in [-0.2, -0.15) is 0 Å². The maximum Gasteiger partial charge on any atom is 0.306 e. The van der Waals surface area contributed by atoms with E-state index in [1.165, 1.54) is 128 Å². The third-order valence-corrected chi connectivity index (χ3v) is 12.1. The van der Waals surface area contributed by atoms with Crippen molar-refractivity contribution in [3.05, 3.63) is 85.1 Å². The molecule has 0 fully saturated rings. The summed E-state index contributed by atoms with van der Waals surface area (Å²) in [7, 11) is 0. The molecule has 1 unspecified atom stereocenters. The molecule has 0 saturated heterocycles. The standard InChI is InChI=1S/C62H106O6/c1-4-7-10-13-16-19-22-25-28-29-30-31-32-33-35-37-40-43-46-49-52-55-61(64)67-58-59(57-66-60(63)54-51-48-45-42-39-36-27-24-21-18-15-12-9-6-3)68-62(65)56-53-50-47-44-41-38-34-26-23-20-17-14-11-8-5-2/h7,10,16,19,24-25,27-28,30-31,33,35,40,43,59H,4-6,8-9,11-15,17-18,20-23,26,29,32,34,36-39,41-42,44-58H2,1-3H3/b10-7-,19-16-,27-24-,28-25-,31-30-,35-33-,43-40-. The Morgan fingerprint density at radius 1 is 0.309 bits per heavy atom. The summed E-state index contributed by atoms with van der Waals surface area (Å²) in [5.74, 6) is -0.938. The number of hydrogen-bond donors (Lipinski definition) is 0. The van der Waals surface area contributed by atoms with Crippen LogP contribution in [0.3, 0.4) is 0 Å². The van der Waals surface area contributed by atoms with Crippen molar-refractivity contribution >= 4 is 17.9 Å². The molecule has 1 atom stereocenters. The first-order valence-electron chi connectivity index (χ1n) is 28.6. The summed E-state index contributed by atoms with van der Waals surface area (Å²) in [6.07, 6.45) is 72.8. The highest BCUT2D eigenvalue weighted by Gasteiger charge is 2.19. The second kappa shape index (κ2) is 56.2. The molecule has 0 aromatic rings. The van der Waals surface area contributed by atoms with Crippen LogP contribution in [0.4, 0.5) is 0 Å². The SMILES string of the molecule is CC/C=C\C/C=C\C/C=C\C/C=C\C/C=C\C/C=C\CCCCC(=O)OCC(COC(=O)CCCCCCC/C=C\CCCCCCC)OC(=O)CCCCCCCCCCCCCCCCC. The molecule has 6 nitrogen and oxygen atoms in total. The Labute approximate surface area is 420 Å². The van der Waals surface area contributed by atoms with E-state index in [0.717, 1.165) is 103 Å². The van der Waals surface area contributed by atoms with Gasteiger partial charge in [-0.25, -0.2) is 0 Å². The molecule has 0 aromatic carbocycles. The molecule has 0 rings (SSSR count). The van der Waals surface area contributed by atoms with Gasteiger partial charge < -0.3 is 14.2 Å². The zero-order valence-corrected chi connectivity index (χ0v) is 44.6. The summed E-state index contributed by atoms with van der Waals surface area (Å²) in [6, 6.07) is 0. The van der Waals surface area contributed by atoms with Crippen LogP contribution in [-0.2, 0) is 28.6 Å². The first-order chi connectivity index (χ1) is 33.5. The van der Waals surface area contributed by atoms with E-state index in [1.807, 2.05) is 0 Å². The molecular formula is C62H106O6. The Bertz CT molecular complexity index is 1320. The van der Waals surface area contributed by atoms with E-state index in [0.29, 0.717) is 19.3 Å². The van der Waals surface area contributed by atoms with Crippen molar-refractivity contribution in [3.8, 4) is 0 Å². The number of carbonyl (C=O) groups is 3. The molecule has 390 valence electrons.